The highest BCUT2D eigenvalue weighted by atomic mass is 16.1. The molecule has 0 unspecified atom stereocenters. The quantitative estimate of drug-likeness (QED) is 0.566. The maximum Gasteiger partial charge on any atom is 0.250 e. The summed E-state index contributed by atoms with van der Waals surface area (Å²) in [6, 6.07) is 1.56. The molecule has 11 heavy (non-hydrogen) atoms. The fourth-order valence-corrected chi connectivity index (χ4v) is 1.10. The zero-order chi connectivity index (χ0) is 7.68. The van der Waals surface area contributed by atoms with Crippen LogP contribution in [0.25, 0.3) is 0 Å². The molecule has 2 N–H and O–H groups in total. The van der Waals surface area contributed by atoms with Gasteiger partial charge >= 0.3 is 0 Å². The molecule has 0 spiro atoms. The molecular formula is C7H9N3O. The van der Waals surface area contributed by atoms with Gasteiger partial charge in [0, 0.05) is 25.1 Å². The van der Waals surface area contributed by atoms with E-state index in [2.05, 4.69) is 15.3 Å². The summed E-state index contributed by atoms with van der Waals surface area (Å²) in [6.07, 6.45) is 1.45. The largest absolute Gasteiger partial charge is 0.315 e. The molecule has 0 atom stereocenters. The molecule has 4 nitrogen and oxygen atoms in total. The molecular weight excluding hydrogens is 142 g/mol. The SMILES string of the molecule is O=c1cc(C2CNC2)nc[nH]1. The third-order valence-corrected chi connectivity index (χ3v) is 1.90. The van der Waals surface area contributed by atoms with Gasteiger partial charge in [0.1, 0.15) is 0 Å². The van der Waals surface area contributed by atoms with Gasteiger partial charge in [-0.1, -0.05) is 0 Å². The molecule has 1 saturated heterocycles. The first kappa shape index (κ1) is 6.54. The van der Waals surface area contributed by atoms with Crippen molar-refractivity contribution < 1.29 is 0 Å². The molecule has 4 heteroatoms. The molecule has 2 rings (SSSR count). The van der Waals surface area contributed by atoms with Gasteiger partial charge in [-0.3, -0.25) is 4.79 Å². The summed E-state index contributed by atoms with van der Waals surface area (Å²) in [5, 5.41) is 3.13. The molecule has 1 fully saturated rings. The average molecular weight is 151 g/mol. The Labute approximate surface area is 63.7 Å². The standard InChI is InChI=1S/C7H9N3O/c11-7-1-6(9-4-10-7)5-2-8-3-5/h1,4-5,8H,2-3H2,(H,9,10,11). The molecule has 58 valence electrons. The van der Waals surface area contributed by atoms with Crippen LogP contribution in [-0.2, 0) is 0 Å². The Balaban J connectivity index is 2.30. The first-order valence-electron chi connectivity index (χ1n) is 3.61. The van der Waals surface area contributed by atoms with Crippen LogP contribution in [0.4, 0.5) is 0 Å². The smallest absolute Gasteiger partial charge is 0.250 e. The fourth-order valence-electron chi connectivity index (χ4n) is 1.10. The van der Waals surface area contributed by atoms with Crippen LogP contribution in [0.3, 0.4) is 0 Å². The van der Waals surface area contributed by atoms with Crippen molar-refractivity contribution in [2.45, 2.75) is 5.92 Å². The Bertz CT molecular complexity index is 303. The van der Waals surface area contributed by atoms with Crippen molar-refractivity contribution in [2.24, 2.45) is 0 Å². The summed E-state index contributed by atoms with van der Waals surface area (Å²) in [5.41, 5.74) is 0.828. The lowest BCUT2D eigenvalue weighted by atomic mass is 9.99. The van der Waals surface area contributed by atoms with Gasteiger partial charge in [-0.15, -0.1) is 0 Å². The Morgan fingerprint density at radius 1 is 1.55 bits per heavy atom. The van der Waals surface area contributed by atoms with Gasteiger partial charge in [-0.25, -0.2) is 4.98 Å². The van der Waals surface area contributed by atoms with Gasteiger partial charge in [0.15, 0.2) is 0 Å². The molecule has 1 aromatic rings. The van der Waals surface area contributed by atoms with Gasteiger partial charge in [0.2, 0.25) is 0 Å². The minimum atomic E-state index is -0.0677. The Kier molecular flexibility index (Phi) is 1.47. The molecule has 0 bridgehead atoms. The number of aromatic nitrogens is 2. The molecule has 0 aromatic carbocycles. The van der Waals surface area contributed by atoms with Crippen LogP contribution >= 0.6 is 0 Å². The molecule has 1 aliphatic rings. The third kappa shape index (κ3) is 1.17. The minimum Gasteiger partial charge on any atom is -0.315 e. The van der Waals surface area contributed by atoms with E-state index in [1.807, 2.05) is 0 Å². The zero-order valence-corrected chi connectivity index (χ0v) is 6.00. The number of rotatable bonds is 1. The van der Waals surface area contributed by atoms with Crippen LogP contribution in [0.1, 0.15) is 11.6 Å². The van der Waals surface area contributed by atoms with Crippen LogP contribution in [0.5, 0.6) is 0 Å². The molecule has 0 radical (unpaired) electrons. The maximum absolute atomic E-state index is 10.8. The van der Waals surface area contributed by atoms with Gasteiger partial charge in [0.25, 0.3) is 5.56 Å². The number of H-pyrrole nitrogens is 1. The predicted octanol–water partition coefficient (Wildman–Crippen LogP) is -0.543. The Morgan fingerprint density at radius 2 is 2.36 bits per heavy atom. The summed E-state index contributed by atoms with van der Waals surface area (Å²) < 4.78 is 0. The van der Waals surface area contributed by atoms with Crippen molar-refractivity contribution >= 4 is 0 Å². The monoisotopic (exact) mass is 151 g/mol. The van der Waals surface area contributed by atoms with Crippen molar-refractivity contribution in [3.05, 3.63) is 28.4 Å². The summed E-state index contributed by atoms with van der Waals surface area (Å²) in [4.78, 5) is 17.4. The van der Waals surface area contributed by atoms with Crippen molar-refractivity contribution in [2.75, 3.05) is 13.1 Å². The van der Waals surface area contributed by atoms with E-state index in [1.54, 1.807) is 6.07 Å². The van der Waals surface area contributed by atoms with Crippen molar-refractivity contribution in [1.82, 2.24) is 15.3 Å². The second kappa shape index (κ2) is 2.47. The van der Waals surface area contributed by atoms with Crippen molar-refractivity contribution in [3.63, 3.8) is 0 Å². The highest BCUT2D eigenvalue weighted by Crippen LogP contribution is 2.14. The highest BCUT2D eigenvalue weighted by molar-refractivity contribution is 5.10. The van der Waals surface area contributed by atoms with E-state index in [0.29, 0.717) is 5.92 Å². The van der Waals surface area contributed by atoms with E-state index in [-0.39, 0.29) is 5.56 Å². The zero-order valence-electron chi connectivity index (χ0n) is 6.00. The topological polar surface area (TPSA) is 57.8 Å². The van der Waals surface area contributed by atoms with Crippen LogP contribution in [-0.4, -0.2) is 23.1 Å². The first-order valence-corrected chi connectivity index (χ1v) is 3.61. The Morgan fingerprint density at radius 3 is 2.91 bits per heavy atom. The molecule has 0 saturated carbocycles. The van der Waals surface area contributed by atoms with E-state index >= 15 is 0 Å². The van der Waals surface area contributed by atoms with E-state index in [1.165, 1.54) is 6.33 Å². The molecule has 1 aromatic heterocycles. The Hall–Kier alpha value is -1.16. The molecule has 0 amide bonds. The minimum absolute atomic E-state index is 0.0677. The molecule has 2 heterocycles. The van der Waals surface area contributed by atoms with Crippen LogP contribution in [0.2, 0.25) is 0 Å². The van der Waals surface area contributed by atoms with E-state index in [9.17, 15) is 4.79 Å². The van der Waals surface area contributed by atoms with Gasteiger partial charge in [0.05, 0.1) is 12.0 Å². The second-order valence-electron chi connectivity index (χ2n) is 2.69. The van der Waals surface area contributed by atoms with Crippen molar-refractivity contribution in [1.29, 1.82) is 0 Å². The van der Waals surface area contributed by atoms with Crippen molar-refractivity contribution in [3.8, 4) is 0 Å². The molecule has 0 aliphatic carbocycles. The lowest BCUT2D eigenvalue weighted by Gasteiger charge is -2.25. The first-order chi connectivity index (χ1) is 5.36. The normalized spacial score (nSPS) is 17.8. The summed E-state index contributed by atoms with van der Waals surface area (Å²) in [6.45, 7) is 1.88. The fraction of sp³-hybridized carbons (Fsp3) is 0.429. The second-order valence-corrected chi connectivity index (χ2v) is 2.69. The summed E-state index contributed by atoms with van der Waals surface area (Å²) in [5.74, 6) is 0.442. The maximum atomic E-state index is 10.8. The highest BCUT2D eigenvalue weighted by Gasteiger charge is 2.19. The summed E-state index contributed by atoms with van der Waals surface area (Å²) >= 11 is 0. The third-order valence-electron chi connectivity index (χ3n) is 1.90. The average Bonchev–Trinajstić information content (AvgIpc) is 1.83. The lowest BCUT2D eigenvalue weighted by Crippen LogP contribution is -2.40. The van der Waals surface area contributed by atoms with Crippen LogP contribution < -0.4 is 10.9 Å². The van der Waals surface area contributed by atoms with E-state index in [0.717, 1.165) is 18.8 Å². The van der Waals surface area contributed by atoms with E-state index < -0.39 is 0 Å². The number of hydrogen-bond acceptors (Lipinski definition) is 3. The van der Waals surface area contributed by atoms with Gasteiger partial charge in [-0.2, -0.15) is 0 Å². The van der Waals surface area contributed by atoms with E-state index in [4.69, 9.17) is 0 Å². The van der Waals surface area contributed by atoms with Crippen LogP contribution in [0.15, 0.2) is 17.2 Å². The number of nitrogens with one attached hydrogen (secondary N) is 2. The lowest BCUT2D eigenvalue weighted by molar-refractivity contribution is 0.439. The molecule has 1 aliphatic heterocycles. The van der Waals surface area contributed by atoms with Crippen LogP contribution in [0, 0.1) is 0 Å². The number of nitrogens with zero attached hydrogens (tertiary/aromatic N) is 1. The van der Waals surface area contributed by atoms with Gasteiger partial charge in [-0.05, 0) is 0 Å². The van der Waals surface area contributed by atoms with Gasteiger partial charge < -0.3 is 10.3 Å². The summed E-state index contributed by atoms with van der Waals surface area (Å²) in [7, 11) is 0. The number of hydrogen-bond donors (Lipinski definition) is 2. The predicted molar refractivity (Wildman–Crippen MR) is 40.5 cm³/mol. The number of aromatic amines is 1.